The Morgan fingerprint density at radius 2 is 1.41 bits per heavy atom. The maximum atomic E-state index is 12.5. The highest BCUT2D eigenvalue weighted by atomic mass is 19.4. The van der Waals surface area contributed by atoms with Gasteiger partial charge in [0.25, 0.3) is 0 Å². The molecule has 0 aliphatic carbocycles. The number of nitrogens with one attached hydrogen (secondary N) is 2. The summed E-state index contributed by atoms with van der Waals surface area (Å²) in [5.74, 6) is -0.159. The fraction of sp³-hybridized carbons (Fsp3) is 0.222. The number of amides is 2. The highest BCUT2D eigenvalue weighted by Gasteiger charge is 2.30. The maximum Gasteiger partial charge on any atom is 0.416 e. The number of carbonyl (C=O) groups is 2. The molecule has 3 rings (SSSR count). The van der Waals surface area contributed by atoms with Gasteiger partial charge in [-0.1, -0.05) is 0 Å². The molecular formula is C18H15F3N2O4. The Labute approximate surface area is 152 Å². The zero-order valence-corrected chi connectivity index (χ0v) is 13.9. The summed E-state index contributed by atoms with van der Waals surface area (Å²) in [5, 5.41) is 4.93. The van der Waals surface area contributed by atoms with E-state index in [1.165, 1.54) is 0 Å². The van der Waals surface area contributed by atoms with Crippen LogP contribution in [0, 0.1) is 0 Å². The van der Waals surface area contributed by atoms with Crippen LogP contribution in [0.3, 0.4) is 0 Å². The van der Waals surface area contributed by atoms with Crippen molar-refractivity contribution in [3.05, 3.63) is 48.0 Å². The summed E-state index contributed by atoms with van der Waals surface area (Å²) >= 11 is 0. The van der Waals surface area contributed by atoms with E-state index in [4.69, 9.17) is 9.47 Å². The topological polar surface area (TPSA) is 76.7 Å². The van der Waals surface area contributed by atoms with E-state index in [9.17, 15) is 22.8 Å². The summed E-state index contributed by atoms with van der Waals surface area (Å²) in [6.45, 7) is 0.850. The standard InChI is InChI=1S/C18H15F3N2O4/c19-18(20,21)11-1-3-12(4-2-11)22-16(24)10-17(25)23-13-5-6-14-15(9-13)27-8-7-26-14/h1-6,9H,7-8,10H2,(H,22,24)(H,23,25). The summed E-state index contributed by atoms with van der Waals surface area (Å²) in [7, 11) is 0. The number of halogens is 3. The smallest absolute Gasteiger partial charge is 0.416 e. The van der Waals surface area contributed by atoms with Gasteiger partial charge in [0.15, 0.2) is 11.5 Å². The van der Waals surface area contributed by atoms with Crippen molar-refractivity contribution in [1.82, 2.24) is 0 Å². The van der Waals surface area contributed by atoms with E-state index in [2.05, 4.69) is 10.6 Å². The molecule has 0 radical (unpaired) electrons. The van der Waals surface area contributed by atoms with Gasteiger partial charge in [-0.05, 0) is 36.4 Å². The Kier molecular flexibility index (Phi) is 5.20. The van der Waals surface area contributed by atoms with Crippen molar-refractivity contribution in [2.24, 2.45) is 0 Å². The van der Waals surface area contributed by atoms with Crippen molar-refractivity contribution in [2.75, 3.05) is 23.8 Å². The van der Waals surface area contributed by atoms with E-state index >= 15 is 0 Å². The molecule has 2 N–H and O–H groups in total. The number of alkyl halides is 3. The van der Waals surface area contributed by atoms with Crippen LogP contribution in [0.15, 0.2) is 42.5 Å². The van der Waals surface area contributed by atoms with Crippen LogP contribution in [-0.2, 0) is 15.8 Å². The minimum Gasteiger partial charge on any atom is -0.486 e. The molecule has 2 aromatic rings. The summed E-state index contributed by atoms with van der Waals surface area (Å²) in [4.78, 5) is 23.9. The normalized spacial score (nSPS) is 13.0. The SMILES string of the molecule is O=C(CC(=O)Nc1ccc2c(c1)OCCO2)Nc1ccc(C(F)(F)F)cc1. The number of rotatable bonds is 4. The average Bonchev–Trinajstić information content (AvgIpc) is 2.61. The van der Waals surface area contributed by atoms with E-state index < -0.39 is 30.0 Å². The van der Waals surface area contributed by atoms with Gasteiger partial charge >= 0.3 is 6.18 Å². The Bertz CT molecular complexity index is 851. The highest BCUT2D eigenvalue weighted by Crippen LogP contribution is 2.32. The number of benzene rings is 2. The third-order valence-corrected chi connectivity index (χ3v) is 3.64. The maximum absolute atomic E-state index is 12.5. The first kappa shape index (κ1) is 18.6. The predicted molar refractivity (Wildman–Crippen MR) is 90.8 cm³/mol. The van der Waals surface area contributed by atoms with Gasteiger partial charge in [0.1, 0.15) is 19.6 Å². The molecule has 0 fully saturated rings. The average molecular weight is 380 g/mol. The molecule has 1 heterocycles. The van der Waals surface area contributed by atoms with Crippen LogP contribution >= 0.6 is 0 Å². The molecule has 2 amide bonds. The number of anilines is 2. The first-order valence-electron chi connectivity index (χ1n) is 7.98. The highest BCUT2D eigenvalue weighted by molar-refractivity contribution is 6.08. The lowest BCUT2D eigenvalue weighted by Crippen LogP contribution is -2.21. The van der Waals surface area contributed by atoms with Gasteiger partial charge in [0, 0.05) is 17.4 Å². The van der Waals surface area contributed by atoms with E-state index in [1.807, 2.05) is 0 Å². The van der Waals surface area contributed by atoms with Crippen LogP contribution in [0.1, 0.15) is 12.0 Å². The van der Waals surface area contributed by atoms with Crippen molar-refractivity contribution < 1.29 is 32.2 Å². The van der Waals surface area contributed by atoms with E-state index in [0.29, 0.717) is 30.4 Å². The van der Waals surface area contributed by atoms with Crippen molar-refractivity contribution >= 4 is 23.2 Å². The van der Waals surface area contributed by atoms with E-state index in [-0.39, 0.29) is 5.69 Å². The Morgan fingerprint density at radius 3 is 2.04 bits per heavy atom. The zero-order chi connectivity index (χ0) is 19.4. The van der Waals surface area contributed by atoms with Crippen molar-refractivity contribution in [2.45, 2.75) is 12.6 Å². The lowest BCUT2D eigenvalue weighted by molar-refractivity contribution is -0.137. The van der Waals surface area contributed by atoms with Gasteiger partial charge < -0.3 is 20.1 Å². The van der Waals surface area contributed by atoms with Crippen LogP contribution in [-0.4, -0.2) is 25.0 Å². The molecule has 1 aliphatic rings. The summed E-state index contributed by atoms with van der Waals surface area (Å²) < 4.78 is 48.3. The van der Waals surface area contributed by atoms with Gasteiger partial charge in [-0.15, -0.1) is 0 Å². The van der Waals surface area contributed by atoms with Crippen molar-refractivity contribution in [3.8, 4) is 11.5 Å². The Morgan fingerprint density at radius 1 is 0.852 bits per heavy atom. The van der Waals surface area contributed by atoms with Gasteiger partial charge in [-0.2, -0.15) is 13.2 Å². The first-order chi connectivity index (χ1) is 12.8. The molecular weight excluding hydrogens is 365 g/mol. The van der Waals surface area contributed by atoms with Gasteiger partial charge in [0.2, 0.25) is 11.8 Å². The molecule has 0 atom stereocenters. The first-order valence-corrected chi connectivity index (χ1v) is 7.98. The largest absolute Gasteiger partial charge is 0.486 e. The fourth-order valence-electron chi connectivity index (χ4n) is 2.42. The third kappa shape index (κ3) is 4.90. The van der Waals surface area contributed by atoms with E-state index in [1.54, 1.807) is 18.2 Å². The molecule has 1 aliphatic heterocycles. The summed E-state index contributed by atoms with van der Waals surface area (Å²) in [6.07, 6.45) is -4.94. The summed E-state index contributed by atoms with van der Waals surface area (Å²) in [6, 6.07) is 8.79. The van der Waals surface area contributed by atoms with Crippen molar-refractivity contribution in [1.29, 1.82) is 0 Å². The summed E-state index contributed by atoms with van der Waals surface area (Å²) in [5.41, 5.74) is -0.219. The predicted octanol–water partition coefficient (Wildman–Crippen LogP) is 3.44. The molecule has 0 saturated heterocycles. The molecule has 0 spiro atoms. The van der Waals surface area contributed by atoms with Crippen LogP contribution in [0.2, 0.25) is 0 Å². The number of carbonyl (C=O) groups excluding carboxylic acids is 2. The van der Waals surface area contributed by atoms with E-state index in [0.717, 1.165) is 24.3 Å². The second kappa shape index (κ2) is 7.56. The van der Waals surface area contributed by atoms with Gasteiger partial charge in [-0.3, -0.25) is 9.59 Å². The Hall–Kier alpha value is -3.23. The molecule has 2 aromatic carbocycles. The molecule has 0 aromatic heterocycles. The molecule has 142 valence electrons. The monoisotopic (exact) mass is 380 g/mol. The van der Waals surface area contributed by atoms with Gasteiger partial charge in [-0.25, -0.2) is 0 Å². The van der Waals surface area contributed by atoms with Crippen LogP contribution in [0.5, 0.6) is 11.5 Å². The fourth-order valence-corrected chi connectivity index (χ4v) is 2.42. The zero-order valence-electron chi connectivity index (χ0n) is 13.9. The van der Waals surface area contributed by atoms with Crippen LogP contribution < -0.4 is 20.1 Å². The lowest BCUT2D eigenvalue weighted by Gasteiger charge is -2.19. The number of hydrogen-bond donors (Lipinski definition) is 2. The second-order valence-electron chi connectivity index (χ2n) is 5.71. The van der Waals surface area contributed by atoms with Crippen molar-refractivity contribution in [3.63, 3.8) is 0 Å². The van der Waals surface area contributed by atoms with Gasteiger partial charge in [0.05, 0.1) is 5.56 Å². The number of hydrogen-bond acceptors (Lipinski definition) is 4. The Balaban J connectivity index is 1.54. The molecule has 6 nitrogen and oxygen atoms in total. The molecule has 0 saturated carbocycles. The number of fused-ring (bicyclic) bond motifs is 1. The molecule has 0 bridgehead atoms. The minimum atomic E-state index is -4.45. The minimum absolute atomic E-state index is 0.167. The quantitative estimate of drug-likeness (QED) is 0.797. The molecule has 9 heteroatoms. The molecule has 0 unspecified atom stereocenters. The lowest BCUT2D eigenvalue weighted by atomic mass is 10.2. The number of ether oxygens (including phenoxy) is 2. The van der Waals surface area contributed by atoms with Crippen LogP contribution in [0.25, 0.3) is 0 Å². The third-order valence-electron chi connectivity index (χ3n) is 3.64. The van der Waals surface area contributed by atoms with Crippen LogP contribution in [0.4, 0.5) is 24.5 Å². The molecule has 27 heavy (non-hydrogen) atoms. The second-order valence-corrected chi connectivity index (χ2v) is 5.71.